The molecule has 1 nitrogen and oxygen atoms in total. The Kier molecular flexibility index (Phi) is 4.90. The molecule has 120 valence electrons. The molecule has 1 aromatic heterocycles. The summed E-state index contributed by atoms with van der Waals surface area (Å²) in [6.45, 7) is 8.76. The van der Waals surface area contributed by atoms with Crippen LogP contribution in [0.2, 0.25) is 0 Å². The second-order valence-corrected chi connectivity index (χ2v) is 6.19. The zero-order valence-electron chi connectivity index (χ0n) is 14.4. The first-order chi connectivity index (χ1) is 11.7. The Morgan fingerprint density at radius 3 is 2.67 bits per heavy atom. The summed E-state index contributed by atoms with van der Waals surface area (Å²) in [4.78, 5) is 4.53. The molecular formula is C23H23N. The monoisotopic (exact) mass is 313 g/mol. The summed E-state index contributed by atoms with van der Waals surface area (Å²) in [5, 5.41) is 3.26. The van der Waals surface area contributed by atoms with E-state index in [0.29, 0.717) is 5.92 Å². The number of aromatic nitrogens is 1. The average molecular weight is 313 g/mol. The third-order valence-electron chi connectivity index (χ3n) is 4.47. The molecule has 24 heavy (non-hydrogen) atoms. The Labute approximate surface area is 143 Å². The highest BCUT2D eigenvalue weighted by molar-refractivity contribution is 5.86. The van der Waals surface area contributed by atoms with Gasteiger partial charge in [0.1, 0.15) is 0 Å². The smallest absolute Gasteiger partial charge is 0.0774 e. The van der Waals surface area contributed by atoms with Crippen molar-refractivity contribution in [3.8, 4) is 11.1 Å². The molecule has 2 aromatic carbocycles. The molecule has 0 saturated carbocycles. The molecule has 0 fully saturated rings. The van der Waals surface area contributed by atoms with Gasteiger partial charge in [-0.15, -0.1) is 0 Å². The summed E-state index contributed by atoms with van der Waals surface area (Å²) >= 11 is 0. The van der Waals surface area contributed by atoms with Gasteiger partial charge in [-0.2, -0.15) is 0 Å². The van der Waals surface area contributed by atoms with Gasteiger partial charge in [-0.25, -0.2) is 0 Å². The number of hydrogen-bond donors (Lipinski definition) is 0. The number of fused-ring (bicyclic) bond motifs is 1. The number of allylic oxidation sites excluding steroid dienone is 2. The minimum absolute atomic E-state index is 0.577. The van der Waals surface area contributed by atoms with Crippen LogP contribution in [0.5, 0.6) is 0 Å². The van der Waals surface area contributed by atoms with Gasteiger partial charge in [-0.1, -0.05) is 81.5 Å². The van der Waals surface area contributed by atoms with Crippen LogP contribution in [0, 0.1) is 5.92 Å². The lowest BCUT2D eigenvalue weighted by Crippen LogP contribution is -2.26. The van der Waals surface area contributed by atoms with Gasteiger partial charge in [0, 0.05) is 16.8 Å². The molecule has 3 aromatic rings. The van der Waals surface area contributed by atoms with E-state index < -0.39 is 0 Å². The van der Waals surface area contributed by atoms with Crippen LogP contribution in [0.4, 0.5) is 0 Å². The molecule has 1 heteroatoms. The van der Waals surface area contributed by atoms with E-state index in [9.17, 15) is 0 Å². The van der Waals surface area contributed by atoms with Crippen LogP contribution in [0.1, 0.15) is 20.3 Å². The zero-order valence-corrected chi connectivity index (χ0v) is 14.4. The molecular weight excluding hydrogens is 290 g/mol. The van der Waals surface area contributed by atoms with Gasteiger partial charge in [0.05, 0.1) is 5.52 Å². The maximum Gasteiger partial charge on any atom is 0.0774 e. The van der Waals surface area contributed by atoms with Crippen molar-refractivity contribution in [1.82, 2.24) is 4.98 Å². The van der Waals surface area contributed by atoms with Gasteiger partial charge in [-0.3, -0.25) is 4.98 Å². The molecule has 0 bridgehead atoms. The number of hydrogen-bond acceptors (Lipinski definition) is 1. The highest BCUT2D eigenvalue weighted by Gasteiger charge is 2.05. The highest BCUT2D eigenvalue weighted by atomic mass is 14.6. The van der Waals surface area contributed by atoms with Crippen LogP contribution >= 0.6 is 0 Å². The summed E-state index contributed by atoms with van der Waals surface area (Å²) in [6, 6.07) is 16.8. The minimum atomic E-state index is 0.577. The van der Waals surface area contributed by atoms with E-state index in [2.05, 4.69) is 80.0 Å². The third kappa shape index (κ3) is 3.30. The maximum absolute atomic E-state index is 4.53. The van der Waals surface area contributed by atoms with Crippen molar-refractivity contribution in [3.63, 3.8) is 0 Å². The molecule has 0 saturated heterocycles. The molecule has 0 aliphatic heterocycles. The Morgan fingerprint density at radius 2 is 1.92 bits per heavy atom. The van der Waals surface area contributed by atoms with E-state index in [-0.39, 0.29) is 0 Å². The van der Waals surface area contributed by atoms with Crippen LogP contribution in [0.15, 0.2) is 66.9 Å². The van der Waals surface area contributed by atoms with Gasteiger partial charge < -0.3 is 0 Å². The molecule has 3 rings (SSSR count). The Balaban J connectivity index is 2.28. The van der Waals surface area contributed by atoms with E-state index in [1.54, 1.807) is 0 Å². The Bertz CT molecular complexity index is 968. The molecule has 1 atom stereocenters. The van der Waals surface area contributed by atoms with Gasteiger partial charge in [0.15, 0.2) is 0 Å². The first kappa shape index (κ1) is 16.2. The second-order valence-electron chi connectivity index (χ2n) is 6.19. The lowest BCUT2D eigenvalue weighted by atomic mass is 9.98. The largest absolute Gasteiger partial charge is 0.256 e. The van der Waals surface area contributed by atoms with Crippen molar-refractivity contribution >= 4 is 23.6 Å². The van der Waals surface area contributed by atoms with Crippen LogP contribution < -0.4 is 10.4 Å². The predicted octanol–water partition coefficient (Wildman–Crippen LogP) is 4.69. The van der Waals surface area contributed by atoms with Crippen molar-refractivity contribution in [2.45, 2.75) is 20.3 Å². The first-order valence-corrected chi connectivity index (χ1v) is 8.51. The Morgan fingerprint density at radius 1 is 1.12 bits per heavy atom. The van der Waals surface area contributed by atoms with Crippen molar-refractivity contribution in [2.75, 3.05) is 0 Å². The van der Waals surface area contributed by atoms with Gasteiger partial charge in [0.2, 0.25) is 0 Å². The van der Waals surface area contributed by atoms with Crippen molar-refractivity contribution < 1.29 is 0 Å². The molecule has 1 unspecified atom stereocenters. The third-order valence-corrected chi connectivity index (χ3v) is 4.47. The van der Waals surface area contributed by atoms with Crippen LogP contribution in [-0.2, 0) is 0 Å². The van der Waals surface area contributed by atoms with E-state index in [1.165, 1.54) is 11.1 Å². The summed E-state index contributed by atoms with van der Waals surface area (Å²) in [6.07, 6.45) is 9.55. The summed E-state index contributed by atoms with van der Waals surface area (Å²) in [7, 11) is 0. The Hall–Kier alpha value is -2.67. The molecule has 0 spiro atoms. The van der Waals surface area contributed by atoms with E-state index >= 15 is 0 Å². The van der Waals surface area contributed by atoms with Crippen molar-refractivity contribution in [1.29, 1.82) is 0 Å². The summed E-state index contributed by atoms with van der Waals surface area (Å²) in [5.74, 6) is 0.577. The molecule has 0 N–H and O–H groups in total. The predicted molar refractivity (Wildman–Crippen MR) is 105 cm³/mol. The number of pyridine rings is 1. The minimum Gasteiger partial charge on any atom is -0.256 e. The van der Waals surface area contributed by atoms with Crippen LogP contribution in [0.25, 0.3) is 34.7 Å². The van der Waals surface area contributed by atoms with E-state index in [0.717, 1.165) is 27.8 Å². The lowest BCUT2D eigenvalue weighted by molar-refractivity contribution is 0.699. The van der Waals surface area contributed by atoms with Gasteiger partial charge in [0.25, 0.3) is 0 Å². The average Bonchev–Trinajstić information content (AvgIpc) is 2.64. The normalized spacial score (nSPS) is 13.7. The lowest BCUT2D eigenvalue weighted by Gasteiger charge is -2.07. The summed E-state index contributed by atoms with van der Waals surface area (Å²) < 4.78 is 0. The molecule has 0 aliphatic rings. The fraction of sp³-hybridized carbons (Fsp3) is 0.174. The first-order valence-electron chi connectivity index (χ1n) is 8.51. The standard InChI is InChI=1S/C23H23N/c1-4-17(2)10-8-14-21-18(3)23-20(13-9-15-24-23)16-22(21)19-11-6-5-7-12-19/h5-17H,3-4H2,1-2H3/b10-8-,21-14+. The SMILES string of the molecule is C=c1/c(=C\C=C/C(C)CC)c(-c2ccccc2)cc2cccnc12. The number of rotatable bonds is 4. The molecule has 0 radical (unpaired) electrons. The fourth-order valence-corrected chi connectivity index (χ4v) is 2.83. The van der Waals surface area contributed by atoms with Gasteiger partial charge in [-0.05, 0) is 34.4 Å². The maximum atomic E-state index is 4.53. The van der Waals surface area contributed by atoms with Crippen LogP contribution in [0.3, 0.4) is 0 Å². The molecule has 1 heterocycles. The van der Waals surface area contributed by atoms with Crippen molar-refractivity contribution in [2.24, 2.45) is 5.92 Å². The van der Waals surface area contributed by atoms with E-state index in [1.807, 2.05) is 18.3 Å². The van der Waals surface area contributed by atoms with Crippen LogP contribution in [-0.4, -0.2) is 4.98 Å². The summed E-state index contributed by atoms with van der Waals surface area (Å²) in [5.41, 5.74) is 3.38. The fourth-order valence-electron chi connectivity index (χ4n) is 2.83. The quantitative estimate of drug-likeness (QED) is 0.680. The molecule has 0 amide bonds. The van der Waals surface area contributed by atoms with Gasteiger partial charge >= 0.3 is 0 Å². The highest BCUT2D eigenvalue weighted by Crippen LogP contribution is 2.18. The number of nitrogens with zero attached hydrogens (tertiary/aromatic N) is 1. The van der Waals surface area contributed by atoms with E-state index in [4.69, 9.17) is 0 Å². The van der Waals surface area contributed by atoms with Crippen molar-refractivity contribution in [3.05, 3.63) is 77.3 Å². The number of benzene rings is 2. The molecule has 0 aliphatic carbocycles. The zero-order chi connectivity index (χ0) is 16.9. The topological polar surface area (TPSA) is 12.9 Å². The second kappa shape index (κ2) is 7.27.